The summed E-state index contributed by atoms with van der Waals surface area (Å²) in [4.78, 5) is 30.2. The van der Waals surface area contributed by atoms with Crippen molar-refractivity contribution in [3.05, 3.63) is 82.2 Å². The maximum absolute atomic E-state index is 12.7. The van der Waals surface area contributed by atoms with E-state index in [1.54, 1.807) is 30.7 Å². The first-order valence-electron chi connectivity index (χ1n) is 8.99. The minimum atomic E-state index is -0.305. The molecule has 7 heteroatoms. The number of imidazole rings is 1. The fourth-order valence-electron chi connectivity index (χ4n) is 2.67. The van der Waals surface area contributed by atoms with E-state index in [2.05, 4.69) is 15.6 Å². The molecule has 6 nitrogen and oxygen atoms in total. The molecule has 0 radical (unpaired) electrons. The van der Waals surface area contributed by atoms with Gasteiger partial charge in [-0.15, -0.1) is 11.3 Å². The molecule has 0 saturated heterocycles. The molecule has 0 bridgehead atoms. The van der Waals surface area contributed by atoms with Crippen LogP contribution in [0.1, 0.15) is 27.2 Å². The van der Waals surface area contributed by atoms with E-state index in [1.807, 2.05) is 47.3 Å². The number of hydrogen-bond donors (Lipinski definition) is 2. The van der Waals surface area contributed by atoms with E-state index in [0.717, 1.165) is 23.4 Å². The first-order valence-corrected chi connectivity index (χ1v) is 9.87. The van der Waals surface area contributed by atoms with Crippen LogP contribution in [-0.4, -0.2) is 27.9 Å². The zero-order valence-electron chi connectivity index (χ0n) is 15.6. The van der Waals surface area contributed by atoms with Crippen LogP contribution in [0.15, 0.2) is 66.2 Å². The van der Waals surface area contributed by atoms with Crippen molar-refractivity contribution in [1.29, 1.82) is 0 Å². The van der Waals surface area contributed by atoms with Gasteiger partial charge in [-0.3, -0.25) is 9.59 Å². The molecule has 144 valence electrons. The number of nitrogens with one attached hydrogen (secondary N) is 2. The summed E-state index contributed by atoms with van der Waals surface area (Å²) < 4.78 is 1.95. The molecule has 2 aromatic heterocycles. The van der Waals surface area contributed by atoms with Crippen molar-refractivity contribution in [1.82, 2.24) is 20.2 Å². The van der Waals surface area contributed by atoms with E-state index >= 15 is 0 Å². The lowest BCUT2D eigenvalue weighted by molar-refractivity contribution is -0.117. The fraction of sp³-hybridized carbons (Fsp3) is 0.190. The van der Waals surface area contributed by atoms with Crippen LogP contribution in [0.3, 0.4) is 0 Å². The van der Waals surface area contributed by atoms with Gasteiger partial charge in [-0.05, 0) is 42.5 Å². The lowest BCUT2D eigenvalue weighted by Gasteiger charge is -2.12. The molecule has 2 N–H and O–H groups in total. The van der Waals surface area contributed by atoms with E-state index in [9.17, 15) is 9.59 Å². The average Bonchev–Trinajstić information content (AvgIpc) is 3.39. The van der Waals surface area contributed by atoms with Crippen LogP contribution < -0.4 is 10.6 Å². The molecule has 0 fully saturated rings. The Balaban J connectivity index is 1.65. The minimum Gasteiger partial charge on any atom is -0.351 e. The Bertz CT molecular complexity index is 947. The number of nitrogens with zero attached hydrogens (tertiary/aromatic N) is 2. The Hall–Kier alpha value is -3.19. The maximum atomic E-state index is 12.7. The number of aromatic nitrogens is 2. The van der Waals surface area contributed by atoms with Gasteiger partial charge in [-0.2, -0.15) is 0 Å². The largest absolute Gasteiger partial charge is 0.351 e. The van der Waals surface area contributed by atoms with Crippen LogP contribution >= 0.6 is 11.3 Å². The molecular weight excluding hydrogens is 372 g/mol. The Kier molecular flexibility index (Phi) is 6.75. The number of carbonyl (C=O) groups excluding carboxylic acids is 2. The summed E-state index contributed by atoms with van der Waals surface area (Å²) in [5.41, 5.74) is 1.64. The summed E-state index contributed by atoms with van der Waals surface area (Å²) in [5, 5.41) is 7.57. The summed E-state index contributed by atoms with van der Waals surface area (Å²) in [6.45, 7) is 3.13. The molecule has 3 rings (SSSR count). The van der Waals surface area contributed by atoms with E-state index in [1.165, 1.54) is 11.3 Å². The highest BCUT2D eigenvalue weighted by Crippen LogP contribution is 2.14. The SMILES string of the molecule is Cc1ccccc1C(=O)N/C(=C\c1cccs1)C(=O)NCCCn1ccnc1. The Labute approximate surface area is 167 Å². The average molecular weight is 395 g/mol. The van der Waals surface area contributed by atoms with Gasteiger partial charge in [0.2, 0.25) is 0 Å². The van der Waals surface area contributed by atoms with Gasteiger partial charge in [0, 0.05) is 35.9 Å². The second kappa shape index (κ2) is 9.66. The summed E-state index contributed by atoms with van der Waals surface area (Å²) in [7, 11) is 0. The predicted octanol–water partition coefficient (Wildman–Crippen LogP) is 3.23. The van der Waals surface area contributed by atoms with Gasteiger partial charge in [0.1, 0.15) is 5.70 Å². The van der Waals surface area contributed by atoms with Crippen molar-refractivity contribution in [2.24, 2.45) is 0 Å². The van der Waals surface area contributed by atoms with Gasteiger partial charge in [-0.25, -0.2) is 4.98 Å². The van der Waals surface area contributed by atoms with Crippen molar-refractivity contribution in [3.8, 4) is 0 Å². The Morgan fingerprint density at radius 3 is 2.79 bits per heavy atom. The minimum absolute atomic E-state index is 0.235. The molecule has 0 atom stereocenters. The summed E-state index contributed by atoms with van der Waals surface area (Å²) in [6.07, 6.45) is 7.81. The number of amides is 2. The zero-order chi connectivity index (χ0) is 19.8. The Morgan fingerprint density at radius 1 is 1.21 bits per heavy atom. The van der Waals surface area contributed by atoms with Crippen LogP contribution in [0, 0.1) is 6.92 Å². The number of hydrogen-bond acceptors (Lipinski definition) is 4. The molecule has 0 aliphatic rings. The third-order valence-electron chi connectivity index (χ3n) is 4.15. The summed E-state index contributed by atoms with van der Waals surface area (Å²) in [5.74, 6) is -0.601. The van der Waals surface area contributed by atoms with Crippen molar-refractivity contribution < 1.29 is 9.59 Å². The molecule has 0 saturated carbocycles. The van der Waals surface area contributed by atoms with E-state index in [4.69, 9.17) is 0 Å². The van der Waals surface area contributed by atoms with Crippen molar-refractivity contribution in [2.45, 2.75) is 19.9 Å². The van der Waals surface area contributed by atoms with Crippen molar-refractivity contribution >= 4 is 29.2 Å². The summed E-state index contributed by atoms with van der Waals surface area (Å²) in [6, 6.07) is 11.1. The molecular formula is C21H22N4O2S. The van der Waals surface area contributed by atoms with Crippen LogP contribution in [0.5, 0.6) is 0 Å². The van der Waals surface area contributed by atoms with Crippen LogP contribution in [0.2, 0.25) is 0 Å². The third-order valence-corrected chi connectivity index (χ3v) is 4.97. The smallest absolute Gasteiger partial charge is 0.267 e. The van der Waals surface area contributed by atoms with Gasteiger partial charge in [0.05, 0.1) is 6.33 Å². The van der Waals surface area contributed by atoms with Crippen LogP contribution in [-0.2, 0) is 11.3 Å². The maximum Gasteiger partial charge on any atom is 0.267 e. The second-order valence-corrected chi connectivity index (χ2v) is 7.23. The molecule has 0 spiro atoms. The quantitative estimate of drug-likeness (QED) is 0.455. The lowest BCUT2D eigenvalue weighted by Crippen LogP contribution is -2.35. The molecule has 2 amide bonds. The van der Waals surface area contributed by atoms with Gasteiger partial charge in [0.25, 0.3) is 11.8 Å². The molecule has 1 aromatic carbocycles. The highest BCUT2D eigenvalue weighted by atomic mass is 32.1. The van der Waals surface area contributed by atoms with Crippen LogP contribution in [0.25, 0.3) is 6.08 Å². The highest BCUT2D eigenvalue weighted by Gasteiger charge is 2.15. The first-order chi connectivity index (χ1) is 13.6. The monoisotopic (exact) mass is 394 g/mol. The number of benzene rings is 1. The standard InChI is InChI=1S/C21H22N4O2S/c1-16-6-2-3-8-18(16)20(26)24-19(14-17-7-4-13-28-17)21(27)23-9-5-11-25-12-10-22-15-25/h2-4,6-8,10,12-15H,5,9,11H2,1H3,(H,23,27)(H,24,26)/b19-14-. The molecule has 2 heterocycles. The van der Waals surface area contributed by atoms with Gasteiger partial charge < -0.3 is 15.2 Å². The molecule has 3 aromatic rings. The number of rotatable bonds is 8. The second-order valence-electron chi connectivity index (χ2n) is 6.25. The fourth-order valence-corrected chi connectivity index (χ4v) is 3.33. The highest BCUT2D eigenvalue weighted by molar-refractivity contribution is 7.10. The van der Waals surface area contributed by atoms with Gasteiger partial charge in [0.15, 0.2) is 0 Å². The molecule has 0 aliphatic carbocycles. The summed E-state index contributed by atoms with van der Waals surface area (Å²) >= 11 is 1.50. The zero-order valence-corrected chi connectivity index (χ0v) is 16.4. The molecule has 0 unspecified atom stereocenters. The molecule has 0 aliphatic heterocycles. The van der Waals surface area contributed by atoms with Gasteiger partial charge >= 0.3 is 0 Å². The van der Waals surface area contributed by atoms with E-state index in [-0.39, 0.29) is 17.5 Å². The topological polar surface area (TPSA) is 76.0 Å². The normalized spacial score (nSPS) is 11.2. The Morgan fingerprint density at radius 2 is 2.07 bits per heavy atom. The third kappa shape index (κ3) is 5.40. The lowest BCUT2D eigenvalue weighted by atomic mass is 10.1. The van der Waals surface area contributed by atoms with Crippen LogP contribution in [0.4, 0.5) is 0 Å². The number of carbonyl (C=O) groups is 2. The van der Waals surface area contributed by atoms with E-state index in [0.29, 0.717) is 12.1 Å². The van der Waals surface area contributed by atoms with Crippen molar-refractivity contribution in [2.75, 3.05) is 6.54 Å². The van der Waals surface area contributed by atoms with E-state index < -0.39 is 0 Å². The molecule has 28 heavy (non-hydrogen) atoms. The number of thiophene rings is 1. The predicted molar refractivity (Wildman–Crippen MR) is 111 cm³/mol. The first kappa shape index (κ1) is 19.6. The number of aryl methyl sites for hydroxylation is 2. The van der Waals surface area contributed by atoms with Gasteiger partial charge in [-0.1, -0.05) is 24.3 Å². The van der Waals surface area contributed by atoms with Crippen molar-refractivity contribution in [3.63, 3.8) is 0 Å².